The van der Waals surface area contributed by atoms with Crippen LogP contribution in [0.1, 0.15) is 42.4 Å². The minimum absolute atomic E-state index is 0.0216. The zero-order valence-corrected chi connectivity index (χ0v) is 19.0. The summed E-state index contributed by atoms with van der Waals surface area (Å²) in [4.78, 5) is 29.3. The van der Waals surface area contributed by atoms with Crippen molar-refractivity contribution in [1.29, 1.82) is 0 Å². The predicted octanol–water partition coefficient (Wildman–Crippen LogP) is 2.19. The molecule has 1 aliphatic heterocycles. The fraction of sp³-hybridized carbons (Fsp3) is 0.417. The lowest BCUT2D eigenvalue weighted by Crippen LogP contribution is -3.11. The van der Waals surface area contributed by atoms with Crippen molar-refractivity contribution in [1.82, 2.24) is 4.90 Å². The lowest BCUT2D eigenvalue weighted by atomic mass is 9.94. The minimum atomic E-state index is -0.822. The average Bonchev–Trinajstić information content (AvgIpc) is 3.44. The molecule has 8 nitrogen and oxygen atoms in total. The van der Waals surface area contributed by atoms with E-state index in [4.69, 9.17) is 13.9 Å². The summed E-state index contributed by atoms with van der Waals surface area (Å²) in [6, 6.07) is 7.48. The van der Waals surface area contributed by atoms with Crippen molar-refractivity contribution in [2.24, 2.45) is 0 Å². The zero-order valence-electron chi connectivity index (χ0n) is 19.0. The molecule has 0 unspecified atom stereocenters. The molecule has 1 atom stereocenters. The van der Waals surface area contributed by atoms with Gasteiger partial charge >= 0.3 is 0 Å². The number of benzene rings is 1. The van der Waals surface area contributed by atoms with Gasteiger partial charge in [0.2, 0.25) is 5.78 Å². The molecule has 2 aromatic rings. The Bertz CT molecular complexity index is 978. The van der Waals surface area contributed by atoms with E-state index in [9.17, 15) is 14.7 Å². The van der Waals surface area contributed by atoms with E-state index in [0.29, 0.717) is 23.6 Å². The van der Waals surface area contributed by atoms with E-state index in [-0.39, 0.29) is 11.3 Å². The molecule has 3 rings (SSSR count). The van der Waals surface area contributed by atoms with Gasteiger partial charge < -0.3 is 28.8 Å². The molecule has 1 amide bonds. The number of furan rings is 1. The van der Waals surface area contributed by atoms with E-state index in [2.05, 4.69) is 13.8 Å². The maximum Gasteiger partial charge on any atom is 0.290 e. The van der Waals surface area contributed by atoms with Crippen LogP contribution in [0.3, 0.4) is 0 Å². The molecule has 0 fully saturated rings. The number of quaternary nitrogens is 1. The molecule has 8 heteroatoms. The topological polar surface area (TPSA) is 93.7 Å². The van der Waals surface area contributed by atoms with Crippen molar-refractivity contribution in [3.8, 4) is 11.5 Å². The lowest BCUT2D eigenvalue weighted by molar-refractivity contribution is -0.896. The molecule has 2 heterocycles. The molecular formula is C24H31N2O6+. The van der Waals surface area contributed by atoms with E-state index < -0.39 is 23.5 Å². The van der Waals surface area contributed by atoms with Crippen molar-refractivity contribution in [2.45, 2.75) is 26.3 Å². The second kappa shape index (κ2) is 10.4. The van der Waals surface area contributed by atoms with Gasteiger partial charge in [-0.05, 0) is 44.2 Å². The second-order valence-corrected chi connectivity index (χ2v) is 7.64. The number of aliphatic hydroxyl groups excluding tert-OH is 1. The summed E-state index contributed by atoms with van der Waals surface area (Å²) in [5, 5.41) is 10.8. The molecule has 0 saturated carbocycles. The Hall–Kier alpha value is -3.26. The first-order valence-corrected chi connectivity index (χ1v) is 10.8. The number of rotatable bonds is 11. The third-order valence-electron chi connectivity index (χ3n) is 5.95. The van der Waals surface area contributed by atoms with Crippen molar-refractivity contribution in [3.63, 3.8) is 0 Å². The Morgan fingerprint density at radius 3 is 2.53 bits per heavy atom. The number of ether oxygens (including phenoxy) is 2. The first-order chi connectivity index (χ1) is 15.5. The number of amides is 1. The molecule has 172 valence electrons. The molecule has 0 aliphatic carbocycles. The highest BCUT2D eigenvalue weighted by molar-refractivity contribution is 6.15. The summed E-state index contributed by atoms with van der Waals surface area (Å²) in [5.74, 6) is -0.576. The van der Waals surface area contributed by atoms with Gasteiger partial charge in [0.05, 0.1) is 51.7 Å². The summed E-state index contributed by atoms with van der Waals surface area (Å²) in [7, 11) is 3.06. The lowest BCUT2D eigenvalue weighted by Gasteiger charge is -2.28. The predicted molar refractivity (Wildman–Crippen MR) is 118 cm³/mol. The summed E-state index contributed by atoms with van der Waals surface area (Å²) in [5.41, 5.74) is 0.543. The van der Waals surface area contributed by atoms with Gasteiger partial charge in [0.15, 0.2) is 11.5 Å². The van der Waals surface area contributed by atoms with E-state index in [1.165, 1.54) is 36.3 Å². The summed E-state index contributed by atoms with van der Waals surface area (Å²) >= 11 is 0. The molecule has 0 spiro atoms. The van der Waals surface area contributed by atoms with E-state index in [1.54, 1.807) is 24.3 Å². The third kappa shape index (κ3) is 4.50. The highest BCUT2D eigenvalue weighted by Gasteiger charge is 2.45. The van der Waals surface area contributed by atoms with Gasteiger partial charge in [-0.1, -0.05) is 0 Å². The van der Waals surface area contributed by atoms with Gasteiger partial charge in [-0.15, -0.1) is 0 Å². The van der Waals surface area contributed by atoms with Crippen LogP contribution >= 0.6 is 0 Å². The number of nitrogens with zero attached hydrogens (tertiary/aromatic N) is 1. The van der Waals surface area contributed by atoms with Crippen molar-refractivity contribution in [2.75, 3.05) is 40.4 Å². The number of carbonyl (C=O) groups is 2. The standard InChI is InChI=1S/C24H30N2O6/c1-5-25(6-2)12-8-13-26-21(17-15-16(30-3)10-11-18(17)31-4)20(23(28)24(26)29)22(27)19-9-7-14-32-19/h7,9-11,14-15,21,28H,5-6,8,12-13H2,1-4H3/p+1/t21-/m1/s1. The summed E-state index contributed by atoms with van der Waals surface area (Å²) in [6.45, 7) is 7.48. The molecule has 2 N–H and O–H groups in total. The van der Waals surface area contributed by atoms with Crippen LogP contribution in [-0.2, 0) is 4.79 Å². The van der Waals surface area contributed by atoms with Crippen LogP contribution in [-0.4, -0.2) is 62.1 Å². The van der Waals surface area contributed by atoms with Crippen LogP contribution in [0.4, 0.5) is 0 Å². The smallest absolute Gasteiger partial charge is 0.290 e. The molecule has 1 aromatic heterocycles. The van der Waals surface area contributed by atoms with Crippen molar-refractivity contribution >= 4 is 11.7 Å². The SMILES string of the molecule is CC[NH+](CC)CCCN1C(=O)C(O)=C(C(=O)c2ccco2)[C@H]1c1cc(OC)ccc1OC. The highest BCUT2D eigenvalue weighted by atomic mass is 16.5. The maximum atomic E-state index is 13.3. The largest absolute Gasteiger partial charge is 0.503 e. The van der Waals surface area contributed by atoms with Gasteiger partial charge in [0.1, 0.15) is 11.5 Å². The Labute approximate surface area is 188 Å². The van der Waals surface area contributed by atoms with Crippen LogP contribution in [0, 0.1) is 0 Å². The Morgan fingerprint density at radius 1 is 1.19 bits per heavy atom. The van der Waals surface area contributed by atoms with Crippen LogP contribution in [0.15, 0.2) is 52.3 Å². The average molecular weight is 444 g/mol. The van der Waals surface area contributed by atoms with Gasteiger partial charge in [0.25, 0.3) is 5.91 Å². The molecular weight excluding hydrogens is 412 g/mol. The highest BCUT2D eigenvalue weighted by Crippen LogP contribution is 2.43. The first-order valence-electron chi connectivity index (χ1n) is 10.8. The number of Topliss-reactive ketones (excluding diaryl/α,β-unsaturated/α-hetero) is 1. The third-order valence-corrected chi connectivity index (χ3v) is 5.95. The molecule has 0 radical (unpaired) electrons. The Morgan fingerprint density at radius 2 is 1.94 bits per heavy atom. The normalized spacial score (nSPS) is 16.2. The molecule has 32 heavy (non-hydrogen) atoms. The van der Waals surface area contributed by atoms with Crippen LogP contribution in [0.25, 0.3) is 0 Å². The summed E-state index contributed by atoms with van der Waals surface area (Å²) in [6.07, 6.45) is 2.11. The molecule has 1 aliphatic rings. The van der Waals surface area contributed by atoms with Crippen LogP contribution < -0.4 is 14.4 Å². The van der Waals surface area contributed by atoms with Crippen LogP contribution in [0.2, 0.25) is 0 Å². The van der Waals surface area contributed by atoms with Crippen molar-refractivity contribution < 1.29 is 33.5 Å². The zero-order chi connectivity index (χ0) is 23.3. The Balaban J connectivity index is 2.04. The van der Waals surface area contributed by atoms with Gasteiger partial charge in [-0.2, -0.15) is 0 Å². The summed E-state index contributed by atoms with van der Waals surface area (Å²) < 4.78 is 16.2. The van der Waals surface area contributed by atoms with E-state index >= 15 is 0 Å². The van der Waals surface area contributed by atoms with Crippen molar-refractivity contribution in [3.05, 3.63) is 59.3 Å². The monoisotopic (exact) mass is 443 g/mol. The fourth-order valence-corrected chi connectivity index (χ4v) is 4.14. The number of aliphatic hydroxyl groups is 1. The number of hydrogen-bond donors (Lipinski definition) is 2. The second-order valence-electron chi connectivity index (χ2n) is 7.64. The molecule has 1 aromatic carbocycles. The quantitative estimate of drug-likeness (QED) is 0.517. The van der Waals surface area contributed by atoms with Crippen LogP contribution in [0.5, 0.6) is 11.5 Å². The number of hydrogen-bond acceptors (Lipinski definition) is 6. The number of ketones is 1. The minimum Gasteiger partial charge on any atom is -0.503 e. The first kappa shape index (κ1) is 23.4. The number of nitrogens with one attached hydrogen (secondary N) is 1. The Kier molecular flexibility index (Phi) is 7.58. The van der Waals surface area contributed by atoms with Gasteiger partial charge in [-0.3, -0.25) is 9.59 Å². The molecule has 0 saturated heterocycles. The molecule has 0 bridgehead atoms. The van der Waals surface area contributed by atoms with E-state index in [0.717, 1.165) is 26.1 Å². The fourth-order valence-electron chi connectivity index (χ4n) is 4.14. The van der Waals surface area contributed by atoms with Gasteiger partial charge in [0, 0.05) is 18.5 Å². The number of methoxy groups -OCH3 is 2. The van der Waals surface area contributed by atoms with Gasteiger partial charge in [-0.25, -0.2) is 0 Å². The van der Waals surface area contributed by atoms with E-state index in [1.807, 2.05) is 0 Å². The maximum absolute atomic E-state index is 13.3. The number of carbonyl (C=O) groups excluding carboxylic acids is 2.